The predicted octanol–water partition coefficient (Wildman–Crippen LogP) is 0.989. The number of aryl methyl sites for hydroxylation is 1. The van der Waals surface area contributed by atoms with Gasteiger partial charge in [0.25, 0.3) is 5.91 Å². The molecule has 0 bridgehead atoms. The van der Waals surface area contributed by atoms with Gasteiger partial charge < -0.3 is 15.5 Å². The van der Waals surface area contributed by atoms with E-state index in [1.54, 1.807) is 12.1 Å². The minimum absolute atomic E-state index is 0.133. The molecule has 27 heavy (non-hydrogen) atoms. The molecule has 1 aliphatic rings. The van der Waals surface area contributed by atoms with Gasteiger partial charge in [0.15, 0.2) is 9.84 Å². The predicted molar refractivity (Wildman–Crippen MR) is 101 cm³/mol. The zero-order valence-electron chi connectivity index (χ0n) is 14.9. The lowest BCUT2D eigenvalue weighted by atomic mass is 9.80. The van der Waals surface area contributed by atoms with Crippen molar-refractivity contribution in [3.05, 3.63) is 65.2 Å². The number of nitrogens with one attached hydrogen (secondary N) is 1. The summed E-state index contributed by atoms with van der Waals surface area (Å²) in [7, 11) is -3.49. The average Bonchev–Trinajstić information content (AvgIpc) is 2.66. The Balaban J connectivity index is 1.63. The van der Waals surface area contributed by atoms with Gasteiger partial charge in [0.05, 0.1) is 17.3 Å². The monoisotopic (exact) mass is 389 g/mol. The number of carbonyl (C=O) groups excluding carboxylic acids is 1. The van der Waals surface area contributed by atoms with Crippen molar-refractivity contribution < 1.29 is 23.4 Å². The van der Waals surface area contributed by atoms with Crippen molar-refractivity contribution in [3.63, 3.8) is 0 Å². The molecule has 3 N–H and O–H groups in total. The SMILES string of the molecule is O=C(NCc1ccc(S(=O)(=O)CCO)cc1)C1(O)CCc2ccccc2C1. The van der Waals surface area contributed by atoms with Gasteiger partial charge in [-0.1, -0.05) is 36.4 Å². The van der Waals surface area contributed by atoms with E-state index in [1.165, 1.54) is 12.1 Å². The molecule has 0 aliphatic heterocycles. The molecule has 0 heterocycles. The highest BCUT2D eigenvalue weighted by Crippen LogP contribution is 2.29. The minimum Gasteiger partial charge on any atom is -0.395 e. The number of amides is 1. The fourth-order valence-electron chi connectivity index (χ4n) is 3.31. The molecule has 0 saturated heterocycles. The van der Waals surface area contributed by atoms with Crippen molar-refractivity contribution >= 4 is 15.7 Å². The number of aliphatic hydroxyl groups is 2. The summed E-state index contributed by atoms with van der Waals surface area (Å²) in [6.45, 7) is -0.231. The van der Waals surface area contributed by atoms with Crippen molar-refractivity contribution in [3.8, 4) is 0 Å². The zero-order chi connectivity index (χ0) is 19.5. The van der Waals surface area contributed by atoms with E-state index < -0.39 is 28.0 Å². The number of carbonyl (C=O) groups is 1. The summed E-state index contributed by atoms with van der Waals surface area (Å²) in [5.74, 6) is -0.744. The van der Waals surface area contributed by atoms with E-state index in [0.717, 1.165) is 16.7 Å². The molecule has 1 unspecified atom stereocenters. The molecule has 0 radical (unpaired) electrons. The Hall–Kier alpha value is -2.22. The quantitative estimate of drug-likeness (QED) is 0.684. The maximum Gasteiger partial charge on any atom is 0.252 e. The van der Waals surface area contributed by atoms with E-state index in [9.17, 15) is 18.3 Å². The molecule has 0 saturated carbocycles. The van der Waals surface area contributed by atoms with Gasteiger partial charge in [-0.2, -0.15) is 0 Å². The Morgan fingerprint density at radius 3 is 2.41 bits per heavy atom. The smallest absolute Gasteiger partial charge is 0.252 e. The van der Waals surface area contributed by atoms with Gasteiger partial charge in [0.2, 0.25) is 0 Å². The highest BCUT2D eigenvalue weighted by molar-refractivity contribution is 7.91. The topological polar surface area (TPSA) is 104 Å². The van der Waals surface area contributed by atoms with Crippen LogP contribution in [-0.4, -0.2) is 42.5 Å². The Kier molecular flexibility index (Phi) is 5.64. The largest absolute Gasteiger partial charge is 0.395 e. The molecule has 1 aliphatic carbocycles. The van der Waals surface area contributed by atoms with E-state index in [0.29, 0.717) is 12.8 Å². The van der Waals surface area contributed by atoms with Gasteiger partial charge in [-0.05, 0) is 41.7 Å². The molecule has 0 spiro atoms. The summed E-state index contributed by atoms with van der Waals surface area (Å²) in [6.07, 6.45) is 1.30. The summed E-state index contributed by atoms with van der Waals surface area (Å²) in [6, 6.07) is 13.9. The maximum absolute atomic E-state index is 12.5. The lowest BCUT2D eigenvalue weighted by molar-refractivity contribution is -0.141. The molecule has 1 atom stereocenters. The van der Waals surface area contributed by atoms with Crippen LogP contribution in [-0.2, 0) is 34.0 Å². The first-order valence-corrected chi connectivity index (χ1v) is 10.5. The van der Waals surface area contributed by atoms with E-state index in [1.807, 2.05) is 24.3 Å². The second kappa shape index (κ2) is 7.80. The molecule has 7 heteroatoms. The Morgan fingerprint density at radius 2 is 1.74 bits per heavy atom. The third-order valence-corrected chi connectivity index (χ3v) is 6.64. The van der Waals surface area contributed by atoms with Crippen LogP contribution in [0.5, 0.6) is 0 Å². The average molecular weight is 389 g/mol. The number of hydrogen-bond acceptors (Lipinski definition) is 5. The number of fused-ring (bicyclic) bond motifs is 1. The van der Waals surface area contributed by atoms with Gasteiger partial charge >= 0.3 is 0 Å². The van der Waals surface area contributed by atoms with Crippen LogP contribution in [0.4, 0.5) is 0 Å². The summed E-state index contributed by atoms with van der Waals surface area (Å²) in [5, 5.41) is 22.3. The first-order chi connectivity index (χ1) is 12.8. The van der Waals surface area contributed by atoms with Gasteiger partial charge in [0, 0.05) is 13.0 Å². The highest BCUT2D eigenvalue weighted by Gasteiger charge is 2.38. The lowest BCUT2D eigenvalue weighted by Gasteiger charge is -2.32. The Bertz CT molecular complexity index is 924. The number of hydrogen-bond donors (Lipinski definition) is 3. The van der Waals surface area contributed by atoms with Crippen LogP contribution in [0.3, 0.4) is 0 Å². The van der Waals surface area contributed by atoms with Crippen molar-refractivity contribution in [1.82, 2.24) is 5.32 Å². The fraction of sp³-hybridized carbons (Fsp3) is 0.350. The highest BCUT2D eigenvalue weighted by atomic mass is 32.2. The van der Waals surface area contributed by atoms with Crippen LogP contribution in [0.25, 0.3) is 0 Å². The summed E-state index contributed by atoms with van der Waals surface area (Å²) in [5.41, 5.74) is 1.44. The summed E-state index contributed by atoms with van der Waals surface area (Å²) >= 11 is 0. The first-order valence-electron chi connectivity index (χ1n) is 8.84. The third kappa shape index (κ3) is 4.37. The van der Waals surface area contributed by atoms with Gasteiger partial charge in [-0.3, -0.25) is 4.79 Å². The summed E-state index contributed by atoms with van der Waals surface area (Å²) < 4.78 is 23.8. The van der Waals surface area contributed by atoms with Crippen LogP contribution in [0, 0.1) is 0 Å². The molecular formula is C20H23NO5S. The second-order valence-corrected chi connectivity index (χ2v) is 8.96. The minimum atomic E-state index is -3.49. The summed E-state index contributed by atoms with van der Waals surface area (Å²) in [4.78, 5) is 12.7. The number of sulfone groups is 1. The van der Waals surface area contributed by atoms with E-state index in [2.05, 4.69) is 5.32 Å². The van der Waals surface area contributed by atoms with Crippen LogP contribution in [0.15, 0.2) is 53.4 Å². The van der Waals surface area contributed by atoms with Crippen LogP contribution in [0.2, 0.25) is 0 Å². The van der Waals surface area contributed by atoms with E-state index in [4.69, 9.17) is 5.11 Å². The van der Waals surface area contributed by atoms with Gasteiger partial charge in [-0.25, -0.2) is 8.42 Å². The Morgan fingerprint density at radius 1 is 1.07 bits per heavy atom. The lowest BCUT2D eigenvalue weighted by Crippen LogP contribution is -2.50. The molecule has 0 fully saturated rings. The van der Waals surface area contributed by atoms with Gasteiger partial charge in [-0.15, -0.1) is 0 Å². The Labute approximate surface area is 158 Å². The third-order valence-electron chi connectivity index (χ3n) is 4.93. The van der Waals surface area contributed by atoms with Crippen LogP contribution >= 0.6 is 0 Å². The maximum atomic E-state index is 12.5. The second-order valence-electron chi connectivity index (χ2n) is 6.85. The number of benzene rings is 2. The first kappa shape index (κ1) is 19.5. The number of rotatable bonds is 6. The van der Waals surface area contributed by atoms with Crippen LogP contribution < -0.4 is 5.32 Å². The molecule has 2 aromatic carbocycles. The molecule has 2 aromatic rings. The van der Waals surface area contributed by atoms with Gasteiger partial charge in [0.1, 0.15) is 5.60 Å². The molecule has 1 amide bonds. The normalized spacial score (nSPS) is 19.3. The van der Waals surface area contributed by atoms with E-state index >= 15 is 0 Å². The molecule has 6 nitrogen and oxygen atoms in total. The molecule has 0 aromatic heterocycles. The molecule has 144 valence electrons. The van der Waals surface area contributed by atoms with Crippen molar-refractivity contribution in [1.29, 1.82) is 0 Å². The fourth-order valence-corrected chi connectivity index (χ4v) is 4.34. The molecular weight excluding hydrogens is 366 g/mol. The van der Waals surface area contributed by atoms with Crippen molar-refractivity contribution in [2.24, 2.45) is 0 Å². The number of aliphatic hydroxyl groups excluding tert-OH is 1. The van der Waals surface area contributed by atoms with Crippen molar-refractivity contribution in [2.45, 2.75) is 36.3 Å². The standard InChI is InChI=1S/C20H23NO5S/c22-11-12-27(25,26)18-7-5-15(6-8-18)14-21-19(23)20(24)10-9-16-3-1-2-4-17(16)13-20/h1-8,22,24H,9-14H2,(H,21,23). The zero-order valence-corrected chi connectivity index (χ0v) is 15.7. The van der Waals surface area contributed by atoms with Crippen LogP contribution in [0.1, 0.15) is 23.1 Å². The molecule has 3 rings (SSSR count). The van der Waals surface area contributed by atoms with E-state index in [-0.39, 0.29) is 23.6 Å². The van der Waals surface area contributed by atoms with Crippen molar-refractivity contribution in [2.75, 3.05) is 12.4 Å².